The summed E-state index contributed by atoms with van der Waals surface area (Å²) in [5, 5.41) is 11.0. The smallest absolute Gasteiger partial charge is 0.414 e. The van der Waals surface area contributed by atoms with Crippen LogP contribution in [0, 0.1) is 5.92 Å². The molecule has 2 atom stereocenters. The number of pyridine rings is 1. The molecule has 3 saturated heterocycles. The second kappa shape index (κ2) is 15.4. The van der Waals surface area contributed by atoms with E-state index in [9.17, 15) is 14.7 Å². The number of methoxy groups -OCH3 is 2. The van der Waals surface area contributed by atoms with E-state index in [-0.39, 0.29) is 24.8 Å². The zero-order valence-electron chi connectivity index (χ0n) is 27.2. The molecule has 0 spiro atoms. The minimum Gasteiger partial charge on any atom is -0.508 e. The van der Waals surface area contributed by atoms with Gasteiger partial charge in [0.1, 0.15) is 28.0 Å². The molecule has 3 aromatic carbocycles. The van der Waals surface area contributed by atoms with E-state index in [1.54, 1.807) is 80.2 Å². The van der Waals surface area contributed by atoms with Crippen molar-refractivity contribution in [2.24, 2.45) is 5.92 Å². The number of anilines is 1. The number of rotatable bonds is 11. The zero-order chi connectivity index (χ0) is 34.5. The first-order valence-electron chi connectivity index (χ1n) is 16.1. The summed E-state index contributed by atoms with van der Waals surface area (Å²) >= 11 is 12.9. The van der Waals surface area contributed by atoms with Gasteiger partial charge in [-0.2, -0.15) is 0 Å². The van der Waals surface area contributed by atoms with Gasteiger partial charge < -0.3 is 24.1 Å². The number of benzene rings is 3. The first-order valence-corrected chi connectivity index (χ1v) is 16.8. The standard InChI is InChI=1S/C37H37Cl2N3O7/c1-46-32-11-10-26(16-34(32)47-2)33(18-29-30(38)19-40-20-31(29)39)48-36(44)25-8-6-23(7-9-25)21-42(27-4-3-5-28(43)17-27)37(45)49-35-22-41-14-12-24(35)13-15-41/h3-11,16-17,19-20,24,33,35,43H,12-15,18,21-22H2,1-2H3/p+1/t33-,35-/m0/s1. The van der Waals surface area contributed by atoms with E-state index in [2.05, 4.69) is 9.88 Å². The van der Waals surface area contributed by atoms with Crippen LogP contribution in [0.25, 0.3) is 0 Å². The number of carbonyl (C=O) groups excluding carboxylic acids is 2. The number of ether oxygens (including phenoxy) is 4. The Labute approximate surface area is 295 Å². The van der Waals surface area contributed by atoms with Crippen molar-refractivity contribution in [2.45, 2.75) is 38.0 Å². The number of hydrogen-bond donors (Lipinski definition) is 1. The van der Waals surface area contributed by atoms with Crippen molar-refractivity contribution >= 4 is 41.0 Å². The van der Waals surface area contributed by atoms with Crippen molar-refractivity contribution < 1.29 is 38.6 Å². The van der Waals surface area contributed by atoms with Crippen LogP contribution in [0.1, 0.15) is 46.0 Å². The Morgan fingerprint density at radius 2 is 1.67 bits per heavy atom. The molecule has 256 valence electrons. The van der Waals surface area contributed by atoms with Gasteiger partial charge in [-0.25, -0.2) is 14.6 Å². The highest BCUT2D eigenvalue weighted by molar-refractivity contribution is 6.35. The fourth-order valence-electron chi connectivity index (χ4n) is 6.42. The minimum absolute atomic E-state index is 0.0384. The van der Waals surface area contributed by atoms with Crippen molar-refractivity contribution in [3.8, 4) is 17.2 Å². The molecule has 0 unspecified atom stereocenters. The number of carbonyl (C=O) groups is 2. The summed E-state index contributed by atoms with van der Waals surface area (Å²) in [4.78, 5) is 33.9. The van der Waals surface area contributed by atoms with Crippen molar-refractivity contribution in [2.75, 3.05) is 38.8 Å². The molecule has 3 aliphatic rings. The van der Waals surface area contributed by atoms with Crippen molar-refractivity contribution in [3.63, 3.8) is 0 Å². The maximum atomic E-state index is 13.6. The summed E-state index contributed by atoms with van der Waals surface area (Å²) in [7, 11) is 3.08. The number of aromatic amines is 1. The van der Waals surface area contributed by atoms with Crippen LogP contribution in [0.5, 0.6) is 17.2 Å². The summed E-state index contributed by atoms with van der Waals surface area (Å²) in [6.07, 6.45) is 4.02. The van der Waals surface area contributed by atoms with E-state index < -0.39 is 18.2 Å². The third kappa shape index (κ3) is 8.04. The summed E-state index contributed by atoms with van der Waals surface area (Å²) in [6, 6.07) is 18.6. The number of esters is 1. The third-order valence-electron chi connectivity index (χ3n) is 9.16. The molecule has 4 heterocycles. The molecule has 3 fully saturated rings. The number of fused-ring (bicyclic) bond motifs is 3. The monoisotopic (exact) mass is 706 g/mol. The van der Waals surface area contributed by atoms with Crippen molar-refractivity contribution in [3.05, 3.63) is 111 Å². The molecule has 10 nitrogen and oxygen atoms in total. The number of nitrogens with zero attached hydrogens (tertiary/aromatic N) is 2. The summed E-state index contributed by atoms with van der Waals surface area (Å²) in [5.41, 5.74) is 2.84. The molecule has 2 N–H and O–H groups in total. The van der Waals surface area contributed by atoms with Gasteiger partial charge in [0.2, 0.25) is 0 Å². The fourth-order valence-corrected chi connectivity index (χ4v) is 6.96. The maximum Gasteiger partial charge on any atom is 0.414 e. The normalized spacial score (nSPS) is 18.7. The average Bonchev–Trinajstić information content (AvgIpc) is 3.12. The highest BCUT2D eigenvalue weighted by Crippen LogP contribution is 2.36. The Hall–Kier alpha value is -4.51. The third-order valence-corrected chi connectivity index (χ3v) is 9.83. The topological polar surface area (TPSA) is 112 Å². The van der Waals surface area contributed by atoms with Crippen molar-refractivity contribution in [1.29, 1.82) is 0 Å². The number of nitrogens with one attached hydrogen (secondary N) is 1. The Bertz CT molecular complexity index is 1780. The molecule has 4 aromatic rings. The van der Waals surface area contributed by atoms with Crippen LogP contribution in [-0.2, 0) is 22.4 Å². The van der Waals surface area contributed by atoms with E-state index in [1.807, 2.05) is 0 Å². The van der Waals surface area contributed by atoms with Gasteiger partial charge in [-0.15, -0.1) is 0 Å². The molecule has 3 aliphatic heterocycles. The molecule has 1 aromatic heterocycles. The Balaban J connectivity index is 1.21. The highest BCUT2D eigenvalue weighted by atomic mass is 35.5. The number of aromatic hydroxyl groups is 1. The number of phenols is 1. The van der Waals surface area contributed by atoms with Crippen LogP contribution in [-0.4, -0.2) is 62.0 Å². The number of hydrogen-bond acceptors (Lipinski definition) is 8. The van der Waals surface area contributed by atoms with E-state index in [1.165, 1.54) is 18.1 Å². The van der Waals surface area contributed by atoms with E-state index in [0.717, 1.165) is 38.0 Å². The van der Waals surface area contributed by atoms with Crippen molar-refractivity contribution in [1.82, 2.24) is 4.90 Å². The van der Waals surface area contributed by atoms with Gasteiger partial charge in [0.05, 0.1) is 32.0 Å². The van der Waals surface area contributed by atoms with E-state index in [4.69, 9.17) is 42.1 Å². The molecular formula is C37H38Cl2N3O7+. The predicted octanol–water partition coefficient (Wildman–Crippen LogP) is 6.91. The average molecular weight is 708 g/mol. The highest BCUT2D eigenvalue weighted by Gasteiger charge is 2.37. The van der Waals surface area contributed by atoms with E-state index >= 15 is 0 Å². The van der Waals surface area contributed by atoms with Gasteiger partial charge in [0.15, 0.2) is 23.9 Å². The second-order valence-corrected chi connectivity index (χ2v) is 13.0. The lowest BCUT2D eigenvalue weighted by atomic mass is 9.86. The van der Waals surface area contributed by atoms with Crippen LogP contribution in [0.4, 0.5) is 10.5 Å². The number of halogens is 2. The summed E-state index contributed by atoms with van der Waals surface area (Å²) < 4.78 is 23.0. The van der Waals surface area contributed by atoms with Gasteiger partial charge in [-0.05, 0) is 79.4 Å². The van der Waals surface area contributed by atoms with Crippen LogP contribution >= 0.6 is 23.2 Å². The Morgan fingerprint density at radius 3 is 2.31 bits per heavy atom. The quantitative estimate of drug-likeness (QED) is 0.168. The molecule has 7 rings (SSSR count). The van der Waals surface area contributed by atoms with Crippen LogP contribution < -0.4 is 19.4 Å². The molecular weight excluding hydrogens is 669 g/mol. The lowest BCUT2D eigenvalue weighted by Gasteiger charge is -2.44. The first kappa shape index (κ1) is 34.4. The van der Waals surface area contributed by atoms with Crippen LogP contribution in [0.15, 0.2) is 79.1 Å². The van der Waals surface area contributed by atoms with Gasteiger partial charge in [-0.3, -0.25) is 9.80 Å². The largest absolute Gasteiger partial charge is 0.508 e. The molecule has 0 aliphatic carbocycles. The SMILES string of the molecule is COc1ccc([C@H](Cc2c(Cl)c[nH+]cc2Cl)OC(=O)c2ccc(CN(C(=O)O[C@H]3CN4CCC3CC4)c3cccc(O)c3)cc2)cc1OC. The maximum absolute atomic E-state index is 13.6. The number of phenolic OH excluding ortho intramolecular Hbond substituents is 1. The molecule has 2 bridgehead atoms. The number of H-pyrrole nitrogens is 1. The molecule has 0 radical (unpaired) electrons. The summed E-state index contributed by atoms with van der Waals surface area (Å²) in [5.74, 6) is 0.835. The Kier molecular flexibility index (Phi) is 10.8. The van der Waals surface area contributed by atoms with Gasteiger partial charge in [0, 0.05) is 24.6 Å². The zero-order valence-corrected chi connectivity index (χ0v) is 28.7. The molecule has 0 saturated carbocycles. The second-order valence-electron chi connectivity index (χ2n) is 12.2. The Morgan fingerprint density at radius 1 is 0.959 bits per heavy atom. The fraction of sp³-hybridized carbons (Fsp3) is 0.324. The predicted molar refractivity (Wildman–Crippen MR) is 185 cm³/mol. The molecule has 49 heavy (non-hydrogen) atoms. The lowest BCUT2D eigenvalue weighted by molar-refractivity contribution is -0.377. The van der Waals surface area contributed by atoms with Gasteiger partial charge in [0.25, 0.3) is 0 Å². The minimum atomic E-state index is -0.771. The molecule has 12 heteroatoms. The van der Waals surface area contributed by atoms with E-state index in [0.29, 0.717) is 49.8 Å². The first-order chi connectivity index (χ1) is 23.7. The van der Waals surface area contributed by atoms with Crippen LogP contribution in [0.3, 0.4) is 0 Å². The van der Waals surface area contributed by atoms with Gasteiger partial charge >= 0.3 is 12.1 Å². The van der Waals surface area contributed by atoms with Crippen LogP contribution in [0.2, 0.25) is 10.0 Å². The number of amides is 1. The summed E-state index contributed by atoms with van der Waals surface area (Å²) in [6.45, 7) is 2.96. The number of piperidine rings is 3. The molecule has 1 amide bonds. The number of aromatic nitrogens is 1. The lowest BCUT2D eigenvalue weighted by Crippen LogP contribution is -2.53. The van der Waals surface area contributed by atoms with Gasteiger partial charge in [-0.1, -0.05) is 47.5 Å².